The molecule has 0 aliphatic carbocycles. The van der Waals surface area contributed by atoms with E-state index in [1.54, 1.807) is 0 Å². The van der Waals surface area contributed by atoms with Crippen LogP contribution in [0.1, 0.15) is 27.2 Å². The first-order valence-electron chi connectivity index (χ1n) is 7.01. The van der Waals surface area contributed by atoms with Crippen molar-refractivity contribution in [1.82, 2.24) is 0 Å². The van der Waals surface area contributed by atoms with Gasteiger partial charge in [-0.2, -0.15) is 0 Å². The van der Waals surface area contributed by atoms with Crippen molar-refractivity contribution in [3.8, 4) is 0 Å². The van der Waals surface area contributed by atoms with Crippen LogP contribution < -0.4 is 0 Å². The lowest BCUT2D eigenvalue weighted by atomic mass is 10.5. The van der Waals surface area contributed by atoms with Crippen LogP contribution in [0, 0.1) is 0 Å². The smallest absolute Gasteiger partial charge is 0.379 e. The van der Waals surface area contributed by atoms with Crippen molar-refractivity contribution in [2.75, 3.05) is 46.2 Å². The number of hydrogen-bond acceptors (Lipinski definition) is 6. The normalized spacial score (nSPS) is 18.8. The predicted octanol–water partition coefficient (Wildman–Crippen LogP) is 1.35. The summed E-state index contributed by atoms with van der Waals surface area (Å²) in [6.07, 6.45) is 1.10. The van der Waals surface area contributed by atoms with Crippen LogP contribution in [0.25, 0.3) is 0 Å². The molecule has 1 unspecified atom stereocenters. The summed E-state index contributed by atoms with van der Waals surface area (Å²) in [7, 11) is -2.95. The monoisotopic (exact) mass is 294 g/mol. The van der Waals surface area contributed by atoms with Crippen LogP contribution in [0.15, 0.2) is 0 Å². The second-order valence-electron chi connectivity index (χ2n) is 4.03. The number of epoxide rings is 1. The van der Waals surface area contributed by atoms with Crippen LogP contribution in [0.2, 0.25) is 0 Å². The Morgan fingerprint density at radius 3 is 2.00 bits per heavy atom. The maximum atomic E-state index is 5.73. The summed E-state index contributed by atoms with van der Waals surface area (Å²) in [6, 6.07) is 0. The van der Waals surface area contributed by atoms with E-state index in [0.717, 1.165) is 13.0 Å². The van der Waals surface area contributed by atoms with Crippen molar-refractivity contribution in [1.29, 1.82) is 0 Å². The van der Waals surface area contributed by atoms with E-state index >= 15 is 0 Å². The van der Waals surface area contributed by atoms with Crippen molar-refractivity contribution >= 4 is 9.05 Å². The molecule has 0 saturated carbocycles. The molecule has 1 aliphatic rings. The SMILES string of the molecule is CCO[Si](OCC)(OCC)OCCCOCC1CO1. The summed E-state index contributed by atoms with van der Waals surface area (Å²) < 4.78 is 33.0. The third-order valence-corrected chi connectivity index (χ3v) is 4.87. The molecule has 1 saturated heterocycles. The number of hydrogen-bond donors (Lipinski definition) is 0. The van der Waals surface area contributed by atoms with Gasteiger partial charge in [-0.25, -0.2) is 0 Å². The van der Waals surface area contributed by atoms with Crippen LogP contribution in [0.4, 0.5) is 0 Å². The molecule has 19 heavy (non-hydrogen) atoms. The molecule has 0 aromatic rings. The van der Waals surface area contributed by atoms with Crippen LogP contribution in [-0.2, 0) is 27.2 Å². The zero-order valence-corrected chi connectivity index (χ0v) is 13.2. The lowest BCUT2D eigenvalue weighted by Gasteiger charge is -2.26. The van der Waals surface area contributed by atoms with Crippen LogP contribution in [-0.4, -0.2) is 61.4 Å². The van der Waals surface area contributed by atoms with Crippen molar-refractivity contribution in [2.45, 2.75) is 33.3 Å². The van der Waals surface area contributed by atoms with Gasteiger partial charge in [-0.1, -0.05) is 0 Å². The molecule has 0 N–H and O–H groups in total. The van der Waals surface area contributed by atoms with E-state index in [1.807, 2.05) is 20.8 Å². The third-order valence-electron chi connectivity index (χ3n) is 2.38. The van der Waals surface area contributed by atoms with Gasteiger partial charge in [0.25, 0.3) is 0 Å². The molecule has 6 nitrogen and oxygen atoms in total. The Bertz CT molecular complexity index is 207. The van der Waals surface area contributed by atoms with Crippen molar-refractivity contribution in [3.63, 3.8) is 0 Å². The first-order chi connectivity index (χ1) is 9.26. The molecule has 114 valence electrons. The fraction of sp³-hybridized carbons (Fsp3) is 1.00. The summed E-state index contributed by atoms with van der Waals surface area (Å²) in [4.78, 5) is 0. The van der Waals surface area contributed by atoms with Crippen LogP contribution in [0.3, 0.4) is 0 Å². The zero-order chi connectivity index (χ0) is 14.0. The Morgan fingerprint density at radius 1 is 0.947 bits per heavy atom. The van der Waals surface area contributed by atoms with Gasteiger partial charge in [0.15, 0.2) is 0 Å². The van der Waals surface area contributed by atoms with Gasteiger partial charge in [0.2, 0.25) is 0 Å². The van der Waals surface area contributed by atoms with Crippen LogP contribution >= 0.6 is 0 Å². The molecule has 0 radical (unpaired) electrons. The van der Waals surface area contributed by atoms with E-state index < -0.39 is 9.05 Å². The number of rotatable bonds is 13. The highest BCUT2D eigenvalue weighted by Crippen LogP contribution is 2.13. The molecule has 0 spiro atoms. The standard InChI is InChI=1S/C12H26O6Si/c1-4-15-19(16-5-2,17-6-3)18-9-7-8-13-10-12-11-14-12/h12H,4-11H2,1-3H3. The average molecular weight is 294 g/mol. The third kappa shape index (κ3) is 7.36. The average Bonchev–Trinajstić information content (AvgIpc) is 3.19. The van der Waals surface area contributed by atoms with Crippen LogP contribution in [0.5, 0.6) is 0 Å². The van der Waals surface area contributed by atoms with E-state index in [2.05, 4.69) is 0 Å². The minimum atomic E-state index is -2.95. The molecule has 7 heteroatoms. The van der Waals surface area contributed by atoms with Gasteiger partial charge >= 0.3 is 9.05 Å². The minimum absolute atomic E-state index is 0.310. The molecule has 0 bridgehead atoms. The van der Waals surface area contributed by atoms with Crippen molar-refractivity contribution < 1.29 is 27.2 Å². The molecule has 0 aromatic heterocycles. The maximum absolute atomic E-state index is 5.73. The Kier molecular flexibility index (Phi) is 8.80. The van der Waals surface area contributed by atoms with E-state index in [1.165, 1.54) is 0 Å². The Hall–Kier alpha value is -0.0231. The second kappa shape index (κ2) is 9.81. The van der Waals surface area contributed by atoms with Gasteiger partial charge in [-0.15, -0.1) is 0 Å². The number of ether oxygens (including phenoxy) is 2. The first kappa shape index (κ1) is 17.0. The van der Waals surface area contributed by atoms with Gasteiger partial charge in [0.05, 0.1) is 13.2 Å². The quantitative estimate of drug-likeness (QED) is 0.290. The summed E-state index contributed by atoms with van der Waals surface area (Å²) in [6.45, 7) is 9.92. The van der Waals surface area contributed by atoms with Gasteiger partial charge < -0.3 is 27.2 Å². The van der Waals surface area contributed by atoms with Gasteiger partial charge in [-0.3, -0.25) is 0 Å². The first-order valence-corrected chi connectivity index (χ1v) is 8.64. The lowest BCUT2D eigenvalue weighted by Crippen LogP contribution is -2.49. The Balaban J connectivity index is 2.17. The highest BCUT2D eigenvalue weighted by atomic mass is 28.4. The summed E-state index contributed by atoms with van der Waals surface area (Å²) in [5, 5.41) is 0. The molecule has 1 heterocycles. The molecular weight excluding hydrogens is 268 g/mol. The van der Waals surface area contributed by atoms with E-state index in [4.69, 9.17) is 27.2 Å². The lowest BCUT2D eigenvalue weighted by molar-refractivity contribution is -0.0310. The molecule has 1 rings (SSSR count). The fourth-order valence-corrected chi connectivity index (χ4v) is 3.47. The van der Waals surface area contributed by atoms with E-state index in [0.29, 0.717) is 45.7 Å². The van der Waals surface area contributed by atoms with Gasteiger partial charge in [-0.05, 0) is 27.2 Å². The molecule has 1 aliphatic heterocycles. The summed E-state index contributed by atoms with van der Waals surface area (Å²) >= 11 is 0. The van der Waals surface area contributed by atoms with Gasteiger partial charge in [0, 0.05) is 33.0 Å². The largest absolute Gasteiger partial charge is 0.679 e. The highest BCUT2D eigenvalue weighted by Gasteiger charge is 2.44. The second-order valence-corrected chi connectivity index (χ2v) is 6.19. The molecule has 1 fully saturated rings. The predicted molar refractivity (Wildman–Crippen MR) is 71.8 cm³/mol. The maximum Gasteiger partial charge on any atom is 0.679 e. The summed E-state index contributed by atoms with van der Waals surface area (Å²) in [5.41, 5.74) is 0. The zero-order valence-electron chi connectivity index (χ0n) is 12.2. The summed E-state index contributed by atoms with van der Waals surface area (Å²) in [5.74, 6) is 0. The molecule has 0 amide bonds. The van der Waals surface area contributed by atoms with E-state index in [9.17, 15) is 0 Å². The molecular formula is C12H26O6Si. The Morgan fingerprint density at radius 2 is 1.53 bits per heavy atom. The fourth-order valence-electron chi connectivity index (χ4n) is 1.52. The van der Waals surface area contributed by atoms with Crippen molar-refractivity contribution in [3.05, 3.63) is 0 Å². The molecule has 0 aromatic carbocycles. The topological polar surface area (TPSA) is 58.7 Å². The van der Waals surface area contributed by atoms with E-state index in [-0.39, 0.29) is 0 Å². The minimum Gasteiger partial charge on any atom is -0.379 e. The molecule has 1 atom stereocenters. The van der Waals surface area contributed by atoms with Gasteiger partial charge in [0.1, 0.15) is 6.10 Å². The Labute approximate surface area is 116 Å². The van der Waals surface area contributed by atoms with Crippen molar-refractivity contribution in [2.24, 2.45) is 0 Å². The highest BCUT2D eigenvalue weighted by molar-refractivity contribution is 6.53.